The molecule has 2 unspecified atom stereocenters. The minimum Gasteiger partial charge on any atom is -0.481 e. The summed E-state index contributed by atoms with van der Waals surface area (Å²) in [6, 6.07) is -0.236. The second-order valence-electron chi connectivity index (χ2n) is 6.65. The summed E-state index contributed by atoms with van der Waals surface area (Å²) in [5.41, 5.74) is -0.302. The van der Waals surface area contributed by atoms with Crippen LogP contribution < -0.4 is 10.6 Å². The minimum absolute atomic E-state index is 0.0797. The smallest absolute Gasteiger partial charge is 0.315 e. The first-order valence-electron chi connectivity index (χ1n) is 7.54. The first-order valence-corrected chi connectivity index (χ1v) is 7.54. The molecule has 0 radical (unpaired) electrons. The highest BCUT2D eigenvalue weighted by Gasteiger charge is 2.28. The van der Waals surface area contributed by atoms with E-state index in [0.29, 0.717) is 12.6 Å². The van der Waals surface area contributed by atoms with Crippen molar-refractivity contribution in [2.75, 3.05) is 20.1 Å². The first kappa shape index (κ1) is 19.7. The number of carbonyl (C=O) groups is 2. The van der Waals surface area contributed by atoms with Crippen molar-refractivity contribution in [3.05, 3.63) is 0 Å². The molecule has 0 spiro atoms. The second-order valence-corrected chi connectivity index (χ2v) is 6.65. The Kier molecular flexibility index (Phi) is 8.32. The van der Waals surface area contributed by atoms with Crippen molar-refractivity contribution in [3.63, 3.8) is 0 Å². The van der Waals surface area contributed by atoms with E-state index in [9.17, 15) is 9.59 Å². The van der Waals surface area contributed by atoms with E-state index in [1.54, 1.807) is 0 Å². The lowest BCUT2D eigenvalue weighted by atomic mass is 9.85. The molecular weight excluding hydrogens is 270 g/mol. The third-order valence-corrected chi connectivity index (χ3v) is 3.82. The molecule has 6 heteroatoms. The van der Waals surface area contributed by atoms with Gasteiger partial charge in [-0.25, -0.2) is 4.79 Å². The monoisotopic (exact) mass is 301 g/mol. The van der Waals surface area contributed by atoms with Crippen LogP contribution in [-0.4, -0.2) is 54.2 Å². The molecule has 0 saturated heterocycles. The summed E-state index contributed by atoms with van der Waals surface area (Å²) in [6.07, 6.45) is 0.983. The van der Waals surface area contributed by atoms with Gasteiger partial charge in [0.05, 0.1) is 6.42 Å². The molecule has 0 bridgehead atoms. The van der Waals surface area contributed by atoms with E-state index in [1.807, 2.05) is 27.8 Å². The summed E-state index contributed by atoms with van der Waals surface area (Å²) in [5.74, 6) is -0.910. The number of nitrogens with one attached hydrogen (secondary N) is 2. The summed E-state index contributed by atoms with van der Waals surface area (Å²) in [7, 11) is 2.02. The Morgan fingerprint density at radius 2 is 1.86 bits per heavy atom. The van der Waals surface area contributed by atoms with Crippen molar-refractivity contribution in [2.45, 2.75) is 59.5 Å². The fourth-order valence-corrected chi connectivity index (χ4v) is 1.84. The van der Waals surface area contributed by atoms with Gasteiger partial charge in [0.25, 0.3) is 0 Å². The van der Waals surface area contributed by atoms with Gasteiger partial charge in [0.15, 0.2) is 0 Å². The third kappa shape index (κ3) is 8.55. The number of amides is 2. The minimum atomic E-state index is -0.910. The molecule has 21 heavy (non-hydrogen) atoms. The van der Waals surface area contributed by atoms with Gasteiger partial charge in [0.2, 0.25) is 0 Å². The molecule has 0 heterocycles. The van der Waals surface area contributed by atoms with Crippen LogP contribution in [0.5, 0.6) is 0 Å². The lowest BCUT2D eigenvalue weighted by Crippen LogP contribution is -2.50. The Bertz CT molecular complexity index is 340. The zero-order chi connectivity index (χ0) is 16.6. The van der Waals surface area contributed by atoms with E-state index in [2.05, 4.69) is 29.4 Å². The normalized spacial score (nSPS) is 14.6. The predicted octanol–water partition coefficient (Wildman–Crippen LogP) is 1.91. The topological polar surface area (TPSA) is 81.7 Å². The van der Waals surface area contributed by atoms with Crippen molar-refractivity contribution < 1.29 is 14.7 Å². The Labute approximate surface area is 128 Å². The van der Waals surface area contributed by atoms with E-state index in [4.69, 9.17) is 5.11 Å². The molecule has 2 amide bonds. The number of carboxylic acid groups (broad SMARTS) is 1. The molecule has 0 aliphatic rings. The standard InChI is InChI=1S/C15H31N3O3/c1-7-11(2)18(6)9-8-16-14(21)17-12(10-13(19)20)15(3,4)5/h11-12H,7-10H2,1-6H3,(H,19,20)(H2,16,17,21). The summed E-state index contributed by atoms with van der Waals surface area (Å²) in [6.45, 7) is 11.3. The van der Waals surface area contributed by atoms with Crippen molar-refractivity contribution >= 4 is 12.0 Å². The second kappa shape index (κ2) is 8.87. The summed E-state index contributed by atoms with van der Waals surface area (Å²) < 4.78 is 0. The van der Waals surface area contributed by atoms with Crippen LogP contribution in [0.2, 0.25) is 0 Å². The van der Waals surface area contributed by atoms with Gasteiger partial charge in [0.1, 0.15) is 0 Å². The average molecular weight is 301 g/mol. The Balaban J connectivity index is 4.24. The fourth-order valence-electron chi connectivity index (χ4n) is 1.84. The van der Waals surface area contributed by atoms with Crippen LogP contribution in [0.25, 0.3) is 0 Å². The molecule has 3 N–H and O–H groups in total. The van der Waals surface area contributed by atoms with Crippen LogP contribution in [0.3, 0.4) is 0 Å². The fraction of sp³-hybridized carbons (Fsp3) is 0.867. The SMILES string of the molecule is CCC(C)N(C)CCNC(=O)NC(CC(=O)O)C(C)(C)C. The van der Waals surface area contributed by atoms with E-state index in [1.165, 1.54) is 0 Å². The van der Waals surface area contributed by atoms with Crippen molar-refractivity contribution in [1.29, 1.82) is 0 Å². The molecule has 0 rings (SSSR count). The number of hydrogen-bond acceptors (Lipinski definition) is 3. The summed E-state index contributed by atoms with van der Waals surface area (Å²) in [5, 5.41) is 14.5. The van der Waals surface area contributed by atoms with Gasteiger partial charge < -0.3 is 20.6 Å². The molecule has 0 aromatic carbocycles. The van der Waals surface area contributed by atoms with Gasteiger partial charge in [-0.05, 0) is 25.8 Å². The van der Waals surface area contributed by atoms with E-state index in [-0.39, 0.29) is 17.9 Å². The van der Waals surface area contributed by atoms with E-state index in [0.717, 1.165) is 13.0 Å². The maximum atomic E-state index is 11.9. The predicted molar refractivity (Wildman–Crippen MR) is 84.4 cm³/mol. The zero-order valence-corrected chi connectivity index (χ0v) is 14.2. The van der Waals surface area contributed by atoms with E-state index >= 15 is 0 Å². The number of carbonyl (C=O) groups excluding carboxylic acids is 1. The largest absolute Gasteiger partial charge is 0.481 e. The number of hydrogen-bond donors (Lipinski definition) is 3. The Morgan fingerprint density at radius 1 is 1.29 bits per heavy atom. The van der Waals surface area contributed by atoms with Crippen molar-refractivity contribution in [3.8, 4) is 0 Å². The number of nitrogens with zero attached hydrogens (tertiary/aromatic N) is 1. The molecule has 2 atom stereocenters. The van der Waals surface area contributed by atoms with Crippen molar-refractivity contribution in [1.82, 2.24) is 15.5 Å². The molecule has 0 aliphatic carbocycles. The Hall–Kier alpha value is -1.30. The quantitative estimate of drug-likeness (QED) is 0.639. The number of aliphatic carboxylic acids is 1. The van der Waals surface area contributed by atoms with Crippen molar-refractivity contribution in [2.24, 2.45) is 5.41 Å². The van der Waals surface area contributed by atoms with Crippen LogP contribution in [0.4, 0.5) is 4.79 Å². The first-order chi connectivity index (χ1) is 9.57. The van der Waals surface area contributed by atoms with Gasteiger partial charge in [-0.15, -0.1) is 0 Å². The lowest BCUT2D eigenvalue weighted by Gasteiger charge is -2.30. The molecule has 0 aromatic heterocycles. The summed E-state index contributed by atoms with van der Waals surface area (Å²) >= 11 is 0. The highest BCUT2D eigenvalue weighted by Crippen LogP contribution is 2.21. The highest BCUT2D eigenvalue weighted by molar-refractivity contribution is 5.75. The number of rotatable bonds is 8. The number of carboxylic acids is 1. The summed E-state index contributed by atoms with van der Waals surface area (Å²) in [4.78, 5) is 24.9. The van der Waals surface area contributed by atoms with Crippen LogP contribution in [0.15, 0.2) is 0 Å². The third-order valence-electron chi connectivity index (χ3n) is 3.82. The molecule has 0 fully saturated rings. The molecular formula is C15H31N3O3. The van der Waals surface area contributed by atoms with Gasteiger partial charge in [-0.2, -0.15) is 0 Å². The average Bonchev–Trinajstić information content (AvgIpc) is 2.35. The molecule has 0 aromatic rings. The van der Waals surface area contributed by atoms with E-state index < -0.39 is 12.0 Å². The molecule has 124 valence electrons. The Morgan fingerprint density at radius 3 is 2.29 bits per heavy atom. The van der Waals surface area contributed by atoms with Crippen LogP contribution in [0, 0.1) is 5.41 Å². The van der Waals surface area contributed by atoms with Crippen LogP contribution >= 0.6 is 0 Å². The maximum absolute atomic E-state index is 11.9. The van der Waals surface area contributed by atoms with Gasteiger partial charge in [0, 0.05) is 25.2 Å². The lowest BCUT2D eigenvalue weighted by molar-refractivity contribution is -0.138. The molecule has 0 saturated carbocycles. The maximum Gasteiger partial charge on any atom is 0.315 e. The van der Waals surface area contributed by atoms with Gasteiger partial charge in [-0.3, -0.25) is 4.79 Å². The molecule has 0 aliphatic heterocycles. The van der Waals surface area contributed by atoms with Crippen LogP contribution in [0.1, 0.15) is 47.5 Å². The van der Waals surface area contributed by atoms with Gasteiger partial charge in [-0.1, -0.05) is 27.7 Å². The van der Waals surface area contributed by atoms with Gasteiger partial charge >= 0.3 is 12.0 Å². The number of urea groups is 1. The zero-order valence-electron chi connectivity index (χ0n) is 14.2. The highest BCUT2D eigenvalue weighted by atomic mass is 16.4. The van der Waals surface area contributed by atoms with Crippen LogP contribution in [-0.2, 0) is 4.79 Å². The molecule has 6 nitrogen and oxygen atoms in total. The number of likely N-dealkylation sites (N-methyl/N-ethyl adjacent to an activating group) is 1.